The lowest BCUT2D eigenvalue weighted by Crippen LogP contribution is -2.51. The summed E-state index contributed by atoms with van der Waals surface area (Å²) in [4.78, 5) is 57.4. The highest BCUT2D eigenvalue weighted by Gasteiger charge is 2.27. The zero-order chi connectivity index (χ0) is 29.6. The van der Waals surface area contributed by atoms with Crippen LogP contribution in [-0.2, 0) is 20.7 Å². The number of rotatable bonds is 8. The third-order valence-electron chi connectivity index (χ3n) is 6.63. The molecular weight excluding hydrogens is 548 g/mol. The Labute approximate surface area is 243 Å². The van der Waals surface area contributed by atoms with Crippen molar-refractivity contribution < 1.29 is 23.9 Å². The van der Waals surface area contributed by atoms with Crippen LogP contribution in [0.5, 0.6) is 0 Å². The first kappa shape index (κ1) is 30.1. The molecule has 3 aromatic rings. The summed E-state index contributed by atoms with van der Waals surface area (Å²) in [5, 5.41) is 4.03. The van der Waals surface area contributed by atoms with Crippen molar-refractivity contribution in [3.8, 4) is 0 Å². The largest absolute Gasteiger partial charge is 0.463 e. The summed E-state index contributed by atoms with van der Waals surface area (Å²) in [6, 6.07) is 14.0. The van der Waals surface area contributed by atoms with Crippen LogP contribution in [0.25, 0.3) is 10.9 Å². The quantitative estimate of drug-likeness (QED) is 0.389. The van der Waals surface area contributed by atoms with Crippen LogP contribution in [-0.4, -0.2) is 83.7 Å². The number of H-pyrrole nitrogens is 1. The van der Waals surface area contributed by atoms with E-state index in [1.165, 1.54) is 6.07 Å². The summed E-state index contributed by atoms with van der Waals surface area (Å²) in [6.07, 6.45) is -0.271. The van der Waals surface area contributed by atoms with Crippen molar-refractivity contribution in [2.75, 3.05) is 39.3 Å². The Balaban J connectivity index is 1.40. The van der Waals surface area contributed by atoms with Crippen molar-refractivity contribution in [1.29, 1.82) is 0 Å². The van der Waals surface area contributed by atoms with Gasteiger partial charge in [0, 0.05) is 66.7 Å². The Morgan fingerprint density at radius 2 is 1.71 bits per heavy atom. The van der Waals surface area contributed by atoms with Crippen LogP contribution in [0.2, 0.25) is 5.02 Å². The molecule has 1 unspecified atom stereocenters. The van der Waals surface area contributed by atoms with Gasteiger partial charge in [-0.15, -0.1) is 0 Å². The fourth-order valence-electron chi connectivity index (χ4n) is 4.56. The number of pyridine rings is 1. The fraction of sp³-hybridized carbons (Fsp3) is 0.400. The number of carbonyl (C=O) groups is 3. The van der Waals surface area contributed by atoms with Gasteiger partial charge in [0.15, 0.2) is 0 Å². The minimum absolute atomic E-state index is 0.0666. The van der Waals surface area contributed by atoms with E-state index in [2.05, 4.69) is 15.2 Å². The molecule has 2 heterocycles. The Kier molecular flexibility index (Phi) is 9.67. The first-order chi connectivity index (χ1) is 19.5. The second-order valence-corrected chi connectivity index (χ2v) is 11.4. The second kappa shape index (κ2) is 13.2. The van der Waals surface area contributed by atoms with Crippen LogP contribution in [0.1, 0.15) is 36.7 Å². The van der Waals surface area contributed by atoms with Crippen LogP contribution in [0.4, 0.5) is 4.79 Å². The molecule has 1 saturated heterocycles. The number of nitrogens with one attached hydrogen (secondary N) is 2. The van der Waals surface area contributed by atoms with Crippen LogP contribution < -0.4 is 10.9 Å². The maximum Gasteiger partial charge on any atom is 0.410 e. The van der Waals surface area contributed by atoms with Crippen molar-refractivity contribution >= 4 is 40.5 Å². The van der Waals surface area contributed by atoms with Gasteiger partial charge in [-0.3, -0.25) is 14.5 Å². The summed E-state index contributed by atoms with van der Waals surface area (Å²) in [5.41, 5.74) is 0.727. The number of halogens is 1. The molecule has 0 bridgehead atoms. The van der Waals surface area contributed by atoms with Gasteiger partial charge < -0.3 is 24.7 Å². The number of aromatic amines is 1. The summed E-state index contributed by atoms with van der Waals surface area (Å²) >= 11 is 5.95. The third-order valence-corrected chi connectivity index (χ3v) is 6.88. The SMILES string of the molecule is CC(C)(C)OC(=O)N1CCN(CCOC(=O)C(Cc2cc(=O)[nH]c3ccccc23)NC(=O)c2ccc(Cl)cc2)CC1. The molecule has 1 fully saturated rings. The Morgan fingerprint density at radius 1 is 1.02 bits per heavy atom. The van der Waals surface area contributed by atoms with Crippen LogP contribution in [0.3, 0.4) is 0 Å². The topological polar surface area (TPSA) is 121 Å². The summed E-state index contributed by atoms with van der Waals surface area (Å²) in [6.45, 7) is 8.33. The molecule has 10 nitrogen and oxygen atoms in total. The average Bonchev–Trinajstić information content (AvgIpc) is 2.92. The van der Waals surface area contributed by atoms with Crippen molar-refractivity contribution in [3.05, 3.63) is 81.1 Å². The molecule has 11 heteroatoms. The highest BCUT2D eigenvalue weighted by atomic mass is 35.5. The molecule has 1 aliphatic heterocycles. The van der Waals surface area contributed by atoms with Gasteiger partial charge >= 0.3 is 12.1 Å². The van der Waals surface area contributed by atoms with E-state index in [9.17, 15) is 19.2 Å². The molecular formula is C30H35ClN4O6. The number of para-hydroxylation sites is 1. The lowest BCUT2D eigenvalue weighted by Gasteiger charge is -2.35. The number of fused-ring (bicyclic) bond motifs is 1. The van der Waals surface area contributed by atoms with Gasteiger partial charge in [0.25, 0.3) is 5.91 Å². The van der Waals surface area contributed by atoms with Gasteiger partial charge in [0.05, 0.1) is 0 Å². The molecule has 41 heavy (non-hydrogen) atoms. The number of carbonyl (C=O) groups excluding carboxylic acids is 3. The molecule has 2 N–H and O–H groups in total. The lowest BCUT2D eigenvalue weighted by molar-refractivity contribution is -0.146. The average molecular weight is 583 g/mol. The number of hydrogen-bond donors (Lipinski definition) is 2. The summed E-state index contributed by atoms with van der Waals surface area (Å²) in [5.74, 6) is -1.07. The predicted octanol–water partition coefficient (Wildman–Crippen LogP) is 3.62. The van der Waals surface area contributed by atoms with E-state index >= 15 is 0 Å². The Bertz CT molecular complexity index is 1440. The summed E-state index contributed by atoms with van der Waals surface area (Å²) in [7, 11) is 0. The maximum absolute atomic E-state index is 13.3. The Hall–Kier alpha value is -3.89. The molecule has 218 valence electrons. The van der Waals surface area contributed by atoms with Gasteiger partial charge in [-0.05, 0) is 56.7 Å². The van der Waals surface area contributed by atoms with Crippen LogP contribution >= 0.6 is 11.6 Å². The molecule has 2 aromatic carbocycles. The van der Waals surface area contributed by atoms with E-state index in [1.807, 2.05) is 39.0 Å². The fourth-order valence-corrected chi connectivity index (χ4v) is 4.68. The predicted molar refractivity (Wildman–Crippen MR) is 156 cm³/mol. The van der Waals surface area contributed by atoms with E-state index in [0.717, 1.165) is 5.39 Å². The van der Waals surface area contributed by atoms with Gasteiger partial charge in [0.1, 0.15) is 18.2 Å². The molecule has 1 atom stereocenters. The minimum atomic E-state index is -1.03. The van der Waals surface area contributed by atoms with E-state index in [1.54, 1.807) is 35.2 Å². The van der Waals surface area contributed by atoms with Gasteiger partial charge in [-0.1, -0.05) is 29.8 Å². The number of ether oxygens (including phenoxy) is 2. The molecule has 2 amide bonds. The smallest absolute Gasteiger partial charge is 0.410 e. The van der Waals surface area contributed by atoms with E-state index < -0.39 is 23.5 Å². The van der Waals surface area contributed by atoms with E-state index in [-0.39, 0.29) is 24.7 Å². The number of benzene rings is 2. The molecule has 1 aliphatic rings. The first-order valence-electron chi connectivity index (χ1n) is 13.5. The van der Waals surface area contributed by atoms with Crippen molar-refractivity contribution in [2.45, 2.75) is 38.8 Å². The molecule has 0 spiro atoms. The Morgan fingerprint density at radius 3 is 2.39 bits per heavy atom. The standard InChI is InChI=1S/C30H35ClN4O6/c1-30(2,3)41-29(39)35-14-12-34(13-15-35)16-17-40-28(38)25(33-27(37)20-8-10-22(31)11-9-20)18-21-19-26(36)32-24-7-5-4-6-23(21)24/h4-11,19,25H,12-18H2,1-3H3,(H,32,36)(H,33,37). The van der Waals surface area contributed by atoms with E-state index in [4.69, 9.17) is 21.1 Å². The second-order valence-electron chi connectivity index (χ2n) is 10.9. The zero-order valence-corrected chi connectivity index (χ0v) is 24.2. The van der Waals surface area contributed by atoms with Crippen LogP contribution in [0, 0.1) is 0 Å². The third kappa shape index (κ3) is 8.55. The highest BCUT2D eigenvalue weighted by molar-refractivity contribution is 6.30. The molecule has 0 saturated carbocycles. The number of hydrogen-bond acceptors (Lipinski definition) is 7. The van der Waals surface area contributed by atoms with Crippen LogP contribution in [0.15, 0.2) is 59.4 Å². The molecule has 0 radical (unpaired) electrons. The highest BCUT2D eigenvalue weighted by Crippen LogP contribution is 2.18. The number of esters is 1. The number of piperazine rings is 1. The zero-order valence-electron chi connectivity index (χ0n) is 23.4. The number of amides is 2. The monoisotopic (exact) mass is 582 g/mol. The minimum Gasteiger partial charge on any atom is -0.463 e. The molecule has 4 rings (SSSR count). The lowest BCUT2D eigenvalue weighted by atomic mass is 10.0. The number of nitrogens with zero attached hydrogens (tertiary/aromatic N) is 2. The first-order valence-corrected chi connectivity index (χ1v) is 13.9. The molecule has 0 aliphatic carbocycles. The van der Waals surface area contributed by atoms with E-state index in [0.29, 0.717) is 54.4 Å². The van der Waals surface area contributed by atoms with Crippen molar-refractivity contribution in [1.82, 2.24) is 20.1 Å². The molecule has 1 aromatic heterocycles. The van der Waals surface area contributed by atoms with Gasteiger partial charge in [0.2, 0.25) is 5.56 Å². The maximum atomic E-state index is 13.3. The van der Waals surface area contributed by atoms with Crippen molar-refractivity contribution in [3.63, 3.8) is 0 Å². The van der Waals surface area contributed by atoms with Gasteiger partial charge in [-0.25, -0.2) is 9.59 Å². The van der Waals surface area contributed by atoms with Crippen molar-refractivity contribution in [2.24, 2.45) is 0 Å². The summed E-state index contributed by atoms with van der Waals surface area (Å²) < 4.78 is 11.1. The van der Waals surface area contributed by atoms with Gasteiger partial charge in [-0.2, -0.15) is 0 Å². The number of aromatic nitrogens is 1. The normalized spacial score (nSPS) is 14.9.